The summed E-state index contributed by atoms with van der Waals surface area (Å²) >= 11 is 1.83. The third kappa shape index (κ3) is 5.85. The van der Waals surface area contributed by atoms with Crippen LogP contribution in [0, 0.1) is 6.92 Å². The van der Waals surface area contributed by atoms with Gasteiger partial charge in [0.05, 0.1) is 40.0 Å². The Morgan fingerprint density at radius 3 is 2.62 bits per heavy atom. The van der Waals surface area contributed by atoms with Gasteiger partial charge in [0.1, 0.15) is 0 Å². The monoisotopic (exact) mass is 418 g/mol. The minimum absolute atomic E-state index is 0.257. The molecular weight excluding hydrogens is 388 g/mol. The van der Waals surface area contributed by atoms with Crippen molar-refractivity contribution < 1.29 is 14.2 Å². The number of methoxy groups -OCH3 is 2. The highest BCUT2D eigenvalue weighted by atomic mass is 32.1. The first kappa shape index (κ1) is 21.4. The van der Waals surface area contributed by atoms with E-state index < -0.39 is 0 Å². The van der Waals surface area contributed by atoms with Crippen LogP contribution in [0.3, 0.4) is 0 Å². The fraction of sp³-hybridized carbons (Fsp3) is 0.476. The predicted octanol–water partition coefficient (Wildman–Crippen LogP) is 2.55. The van der Waals surface area contributed by atoms with Crippen molar-refractivity contribution in [3.63, 3.8) is 0 Å². The lowest BCUT2D eigenvalue weighted by Gasteiger charge is -2.34. The second kappa shape index (κ2) is 10.5. The van der Waals surface area contributed by atoms with Crippen LogP contribution in [0.2, 0.25) is 0 Å². The van der Waals surface area contributed by atoms with E-state index in [1.54, 1.807) is 14.2 Å². The number of nitrogens with two attached hydrogens (primary N) is 1. The van der Waals surface area contributed by atoms with Gasteiger partial charge < -0.3 is 25.3 Å². The predicted molar refractivity (Wildman–Crippen MR) is 117 cm³/mol. The number of hydrogen-bond donors (Lipinski definition) is 2. The van der Waals surface area contributed by atoms with Crippen molar-refractivity contribution in [1.29, 1.82) is 0 Å². The molecule has 0 radical (unpaired) electrons. The van der Waals surface area contributed by atoms with Crippen LogP contribution in [0.25, 0.3) is 0 Å². The number of morpholine rings is 1. The molecule has 0 amide bonds. The first-order valence-electron chi connectivity index (χ1n) is 9.73. The number of ether oxygens (including phenoxy) is 3. The summed E-state index contributed by atoms with van der Waals surface area (Å²) in [6.07, 6.45) is 0. The molecule has 1 fully saturated rings. The minimum atomic E-state index is 0.257. The third-order valence-corrected chi connectivity index (χ3v) is 6.03. The second-order valence-corrected chi connectivity index (χ2v) is 8.20. The first-order valence-corrected chi connectivity index (χ1v) is 10.5. The van der Waals surface area contributed by atoms with Crippen molar-refractivity contribution in [3.8, 4) is 11.5 Å². The number of nitrogens with one attached hydrogen (secondary N) is 1. The highest BCUT2D eigenvalue weighted by molar-refractivity contribution is 7.12. The Morgan fingerprint density at radius 1 is 1.21 bits per heavy atom. The molecule has 2 aromatic rings. The van der Waals surface area contributed by atoms with E-state index in [9.17, 15) is 0 Å². The summed E-state index contributed by atoms with van der Waals surface area (Å²) in [4.78, 5) is 9.59. The van der Waals surface area contributed by atoms with Crippen molar-refractivity contribution in [2.45, 2.75) is 19.5 Å². The number of aryl methyl sites for hydroxylation is 1. The normalized spacial score (nSPS) is 16.4. The number of benzene rings is 1. The highest BCUT2D eigenvalue weighted by Gasteiger charge is 2.23. The minimum Gasteiger partial charge on any atom is -0.493 e. The lowest BCUT2D eigenvalue weighted by Crippen LogP contribution is -2.44. The van der Waals surface area contributed by atoms with Crippen LogP contribution in [-0.4, -0.2) is 57.9 Å². The van der Waals surface area contributed by atoms with Gasteiger partial charge in [0.15, 0.2) is 17.5 Å². The van der Waals surface area contributed by atoms with E-state index in [1.807, 2.05) is 29.5 Å². The van der Waals surface area contributed by atoms with Crippen LogP contribution >= 0.6 is 11.3 Å². The van der Waals surface area contributed by atoms with Crippen LogP contribution in [0.4, 0.5) is 0 Å². The van der Waals surface area contributed by atoms with Gasteiger partial charge in [0.25, 0.3) is 0 Å². The van der Waals surface area contributed by atoms with Crippen molar-refractivity contribution in [2.75, 3.05) is 47.1 Å². The maximum absolute atomic E-state index is 6.15. The zero-order chi connectivity index (χ0) is 20.6. The Kier molecular flexibility index (Phi) is 7.74. The quantitative estimate of drug-likeness (QED) is 0.507. The van der Waals surface area contributed by atoms with Gasteiger partial charge in [0.2, 0.25) is 0 Å². The van der Waals surface area contributed by atoms with Gasteiger partial charge in [-0.05, 0) is 36.8 Å². The maximum Gasteiger partial charge on any atom is 0.188 e. The fourth-order valence-electron chi connectivity index (χ4n) is 3.34. The number of thiophene rings is 1. The molecule has 1 unspecified atom stereocenters. The van der Waals surface area contributed by atoms with E-state index in [0.29, 0.717) is 30.5 Å². The van der Waals surface area contributed by atoms with Gasteiger partial charge in [-0.3, -0.25) is 4.90 Å². The molecule has 3 N–H and O–H groups in total. The molecule has 0 aliphatic carbocycles. The van der Waals surface area contributed by atoms with Crippen molar-refractivity contribution in [3.05, 3.63) is 45.6 Å². The summed E-state index contributed by atoms with van der Waals surface area (Å²) in [5, 5.41) is 3.31. The number of aliphatic imine (C=N–C) groups is 1. The van der Waals surface area contributed by atoms with Gasteiger partial charge in [-0.15, -0.1) is 11.3 Å². The molecule has 1 saturated heterocycles. The molecule has 158 valence electrons. The molecule has 2 heterocycles. The van der Waals surface area contributed by atoms with E-state index in [2.05, 4.69) is 34.3 Å². The SMILES string of the molecule is COc1ccc(CN=C(N)NCC(c2ccc(C)s2)N2CCOCC2)cc1OC. The molecule has 3 rings (SSSR count). The molecule has 29 heavy (non-hydrogen) atoms. The molecule has 1 aromatic carbocycles. The summed E-state index contributed by atoms with van der Waals surface area (Å²) < 4.78 is 16.1. The second-order valence-electron chi connectivity index (χ2n) is 6.88. The number of nitrogens with zero attached hydrogens (tertiary/aromatic N) is 2. The molecule has 1 aromatic heterocycles. The zero-order valence-electron chi connectivity index (χ0n) is 17.3. The van der Waals surface area contributed by atoms with Gasteiger partial charge in [0, 0.05) is 29.4 Å². The van der Waals surface area contributed by atoms with Gasteiger partial charge in [-0.25, -0.2) is 4.99 Å². The van der Waals surface area contributed by atoms with Crippen LogP contribution in [0.15, 0.2) is 35.3 Å². The number of guanidine groups is 1. The van der Waals surface area contributed by atoms with Crippen LogP contribution in [-0.2, 0) is 11.3 Å². The molecule has 0 bridgehead atoms. The molecule has 8 heteroatoms. The number of hydrogen-bond acceptors (Lipinski definition) is 6. The lowest BCUT2D eigenvalue weighted by molar-refractivity contribution is 0.0177. The van der Waals surface area contributed by atoms with Crippen LogP contribution in [0.5, 0.6) is 11.5 Å². The summed E-state index contributed by atoms with van der Waals surface area (Å²) in [7, 11) is 3.25. The topological polar surface area (TPSA) is 81.3 Å². The average molecular weight is 419 g/mol. The standard InChI is InChI=1S/C21H30N4O3S/c1-15-4-7-20(29-15)17(25-8-10-28-11-9-25)14-24-21(22)23-13-16-5-6-18(26-2)19(12-16)27-3/h4-7,12,17H,8-11,13-14H2,1-3H3,(H3,22,23,24). The maximum atomic E-state index is 6.15. The Hall–Kier alpha value is -2.29. The summed E-state index contributed by atoms with van der Waals surface area (Å²) in [6, 6.07) is 10.4. The Balaban J connectivity index is 1.62. The van der Waals surface area contributed by atoms with Crippen molar-refractivity contribution >= 4 is 17.3 Å². The van der Waals surface area contributed by atoms with E-state index in [4.69, 9.17) is 19.9 Å². The largest absolute Gasteiger partial charge is 0.493 e. The summed E-state index contributed by atoms with van der Waals surface area (Å²) in [5.74, 6) is 1.82. The lowest BCUT2D eigenvalue weighted by atomic mass is 10.2. The van der Waals surface area contributed by atoms with Gasteiger partial charge in [-0.1, -0.05) is 6.07 Å². The van der Waals surface area contributed by atoms with E-state index >= 15 is 0 Å². The first-order chi connectivity index (χ1) is 14.1. The average Bonchev–Trinajstić information content (AvgIpc) is 3.18. The van der Waals surface area contributed by atoms with E-state index in [-0.39, 0.29) is 6.04 Å². The van der Waals surface area contributed by atoms with Crippen molar-refractivity contribution in [1.82, 2.24) is 10.2 Å². The van der Waals surface area contributed by atoms with E-state index in [0.717, 1.165) is 31.9 Å². The Bertz CT molecular complexity index is 818. The van der Waals surface area contributed by atoms with Crippen LogP contribution < -0.4 is 20.5 Å². The van der Waals surface area contributed by atoms with Gasteiger partial charge in [-0.2, -0.15) is 0 Å². The Morgan fingerprint density at radius 2 is 1.97 bits per heavy atom. The van der Waals surface area contributed by atoms with Crippen molar-refractivity contribution in [2.24, 2.45) is 10.7 Å². The highest BCUT2D eigenvalue weighted by Crippen LogP contribution is 2.29. The number of rotatable bonds is 8. The molecule has 1 atom stereocenters. The zero-order valence-corrected chi connectivity index (χ0v) is 18.1. The summed E-state index contributed by atoms with van der Waals surface area (Å²) in [5.41, 5.74) is 7.16. The fourth-order valence-corrected chi connectivity index (χ4v) is 4.36. The molecule has 1 aliphatic heterocycles. The molecule has 0 saturated carbocycles. The molecule has 1 aliphatic rings. The summed E-state index contributed by atoms with van der Waals surface area (Å²) in [6.45, 7) is 6.70. The molecule has 7 nitrogen and oxygen atoms in total. The molecule has 0 spiro atoms. The van der Waals surface area contributed by atoms with Gasteiger partial charge >= 0.3 is 0 Å². The third-order valence-electron chi connectivity index (χ3n) is 4.93. The van der Waals surface area contributed by atoms with Crippen LogP contribution in [0.1, 0.15) is 21.4 Å². The van der Waals surface area contributed by atoms with E-state index in [1.165, 1.54) is 9.75 Å². The smallest absolute Gasteiger partial charge is 0.188 e. The Labute approximate surface area is 176 Å². The molecular formula is C21H30N4O3S.